The minimum Gasteiger partial charge on any atom is -0.493 e. The summed E-state index contributed by atoms with van der Waals surface area (Å²) in [6.45, 7) is 11.0. The van der Waals surface area contributed by atoms with E-state index in [2.05, 4.69) is 13.8 Å². The Hall–Kier alpha value is -2.14. The SMILES string of the molecule is CCCCOc1ccc(S(=O)(=O)N2CCN(S(=O)(=O)c3ccc(OCCCC)c(C)c3)[C@@H](C)C2)cc1C. The van der Waals surface area contributed by atoms with Crippen LogP contribution in [0.4, 0.5) is 0 Å². The van der Waals surface area contributed by atoms with Gasteiger partial charge in [-0.05, 0) is 81.1 Å². The lowest BCUT2D eigenvalue weighted by Crippen LogP contribution is -2.55. The topological polar surface area (TPSA) is 93.2 Å². The summed E-state index contributed by atoms with van der Waals surface area (Å²) >= 11 is 0. The van der Waals surface area contributed by atoms with Gasteiger partial charge in [0.05, 0.1) is 23.0 Å². The number of aryl methyl sites for hydroxylation is 2. The molecule has 0 spiro atoms. The summed E-state index contributed by atoms with van der Waals surface area (Å²) in [4.78, 5) is 0.371. The van der Waals surface area contributed by atoms with E-state index in [9.17, 15) is 16.8 Å². The minimum atomic E-state index is -3.79. The van der Waals surface area contributed by atoms with Gasteiger partial charge in [-0.25, -0.2) is 16.8 Å². The number of piperazine rings is 1. The van der Waals surface area contributed by atoms with Gasteiger partial charge in [0, 0.05) is 25.7 Å². The number of unbranched alkanes of at least 4 members (excludes halogenated alkanes) is 2. The summed E-state index contributed by atoms with van der Waals surface area (Å²) in [5.41, 5.74) is 1.51. The molecule has 0 unspecified atom stereocenters. The number of benzene rings is 2. The van der Waals surface area contributed by atoms with E-state index >= 15 is 0 Å². The summed E-state index contributed by atoms with van der Waals surface area (Å²) in [7, 11) is -7.57. The molecule has 0 radical (unpaired) electrons. The molecule has 37 heavy (non-hydrogen) atoms. The number of sulfonamides is 2. The van der Waals surface area contributed by atoms with Gasteiger partial charge in [-0.2, -0.15) is 8.61 Å². The van der Waals surface area contributed by atoms with Crippen LogP contribution in [0.3, 0.4) is 0 Å². The Bertz CT molecular complexity index is 1280. The van der Waals surface area contributed by atoms with Gasteiger partial charge in [0.1, 0.15) is 11.5 Å². The third kappa shape index (κ3) is 6.85. The van der Waals surface area contributed by atoms with Gasteiger partial charge in [0.25, 0.3) is 0 Å². The van der Waals surface area contributed by atoms with Gasteiger partial charge in [-0.3, -0.25) is 0 Å². The largest absolute Gasteiger partial charge is 0.493 e. The Balaban J connectivity index is 1.72. The lowest BCUT2D eigenvalue weighted by Gasteiger charge is -2.38. The first-order chi connectivity index (χ1) is 17.5. The van der Waals surface area contributed by atoms with Crippen molar-refractivity contribution in [1.82, 2.24) is 8.61 Å². The molecule has 1 atom stereocenters. The molecule has 0 saturated carbocycles. The van der Waals surface area contributed by atoms with E-state index in [1.165, 1.54) is 8.61 Å². The molecule has 0 aliphatic carbocycles. The highest BCUT2D eigenvalue weighted by atomic mass is 32.2. The van der Waals surface area contributed by atoms with Gasteiger partial charge >= 0.3 is 0 Å². The maximum atomic E-state index is 13.4. The van der Waals surface area contributed by atoms with Crippen molar-refractivity contribution in [1.29, 1.82) is 0 Å². The lowest BCUT2D eigenvalue weighted by atomic mass is 10.2. The van der Waals surface area contributed by atoms with Crippen LogP contribution in [-0.4, -0.2) is 64.3 Å². The van der Waals surface area contributed by atoms with Crippen molar-refractivity contribution in [2.45, 2.75) is 76.1 Å². The van der Waals surface area contributed by atoms with Crippen molar-refractivity contribution in [3.05, 3.63) is 47.5 Å². The van der Waals surface area contributed by atoms with Crippen LogP contribution in [0.2, 0.25) is 0 Å². The molecule has 1 saturated heterocycles. The van der Waals surface area contributed by atoms with Gasteiger partial charge in [0.15, 0.2) is 0 Å². The summed E-state index contributed by atoms with van der Waals surface area (Å²) in [5.74, 6) is 1.35. The van der Waals surface area contributed by atoms with Crippen LogP contribution in [0.1, 0.15) is 57.6 Å². The van der Waals surface area contributed by atoms with Crippen molar-refractivity contribution < 1.29 is 26.3 Å². The van der Waals surface area contributed by atoms with E-state index in [0.717, 1.165) is 36.8 Å². The summed E-state index contributed by atoms with van der Waals surface area (Å²) in [6, 6.07) is 9.24. The van der Waals surface area contributed by atoms with Crippen molar-refractivity contribution in [3.63, 3.8) is 0 Å². The highest BCUT2D eigenvalue weighted by Crippen LogP contribution is 2.29. The average molecular weight is 553 g/mol. The van der Waals surface area contributed by atoms with Crippen LogP contribution in [0.5, 0.6) is 11.5 Å². The molecule has 1 aliphatic heterocycles. The van der Waals surface area contributed by atoms with Gasteiger partial charge in [-0.15, -0.1) is 0 Å². The average Bonchev–Trinajstić information content (AvgIpc) is 2.85. The molecular formula is C27H40N2O6S2. The molecular weight excluding hydrogens is 512 g/mol. The van der Waals surface area contributed by atoms with Gasteiger partial charge < -0.3 is 9.47 Å². The number of hydrogen-bond donors (Lipinski definition) is 0. The first-order valence-electron chi connectivity index (χ1n) is 13.0. The smallest absolute Gasteiger partial charge is 0.243 e. The molecule has 0 aromatic heterocycles. The second kappa shape index (κ2) is 12.6. The molecule has 0 bridgehead atoms. The molecule has 8 nitrogen and oxygen atoms in total. The summed E-state index contributed by atoms with van der Waals surface area (Å²) < 4.78 is 67.9. The molecule has 1 fully saturated rings. The first-order valence-corrected chi connectivity index (χ1v) is 15.9. The van der Waals surface area contributed by atoms with Crippen LogP contribution >= 0.6 is 0 Å². The fourth-order valence-electron chi connectivity index (χ4n) is 4.31. The molecule has 2 aromatic rings. The highest BCUT2D eigenvalue weighted by Gasteiger charge is 2.38. The predicted molar refractivity (Wildman–Crippen MR) is 145 cm³/mol. The number of nitrogens with zero attached hydrogens (tertiary/aromatic N) is 2. The zero-order valence-corrected chi connectivity index (χ0v) is 24.2. The van der Waals surface area contributed by atoms with Gasteiger partial charge in [0.2, 0.25) is 20.0 Å². The first kappa shape index (κ1) is 29.4. The zero-order valence-electron chi connectivity index (χ0n) is 22.6. The second-order valence-corrected chi connectivity index (χ2v) is 13.4. The molecule has 206 valence electrons. The second-order valence-electron chi connectivity index (χ2n) is 9.59. The molecule has 3 rings (SSSR count). The molecule has 1 aliphatic rings. The monoisotopic (exact) mass is 552 g/mol. The number of hydrogen-bond acceptors (Lipinski definition) is 6. The van der Waals surface area contributed by atoms with E-state index in [-0.39, 0.29) is 29.4 Å². The summed E-state index contributed by atoms with van der Waals surface area (Å²) in [5, 5.41) is 0. The normalized spacial score (nSPS) is 17.6. The van der Waals surface area contributed by atoms with Crippen LogP contribution in [0.15, 0.2) is 46.2 Å². The van der Waals surface area contributed by atoms with Crippen molar-refractivity contribution >= 4 is 20.0 Å². The van der Waals surface area contributed by atoms with E-state index in [4.69, 9.17) is 9.47 Å². The Morgan fingerprint density at radius 3 is 1.70 bits per heavy atom. The maximum absolute atomic E-state index is 13.4. The Kier molecular flexibility index (Phi) is 10.0. The van der Waals surface area contributed by atoms with Crippen LogP contribution in [0, 0.1) is 13.8 Å². The fraction of sp³-hybridized carbons (Fsp3) is 0.556. The van der Waals surface area contributed by atoms with Crippen LogP contribution in [-0.2, 0) is 20.0 Å². The van der Waals surface area contributed by atoms with Crippen molar-refractivity contribution in [2.75, 3.05) is 32.8 Å². The van der Waals surface area contributed by atoms with Crippen molar-refractivity contribution in [3.8, 4) is 11.5 Å². The lowest BCUT2D eigenvalue weighted by molar-refractivity contribution is 0.212. The van der Waals surface area contributed by atoms with Crippen molar-refractivity contribution in [2.24, 2.45) is 0 Å². The molecule has 10 heteroatoms. The summed E-state index contributed by atoms with van der Waals surface area (Å²) in [6.07, 6.45) is 3.90. The van der Waals surface area contributed by atoms with E-state index in [1.54, 1.807) is 43.3 Å². The molecule has 0 amide bonds. The highest BCUT2D eigenvalue weighted by molar-refractivity contribution is 7.89. The van der Waals surface area contributed by atoms with Gasteiger partial charge in [-0.1, -0.05) is 26.7 Å². The predicted octanol–water partition coefficient (Wildman–Crippen LogP) is 4.74. The minimum absolute atomic E-state index is 0.0759. The zero-order chi connectivity index (χ0) is 27.2. The van der Waals surface area contributed by atoms with E-state index < -0.39 is 26.1 Å². The Morgan fingerprint density at radius 1 is 0.784 bits per heavy atom. The maximum Gasteiger partial charge on any atom is 0.243 e. The molecule has 1 heterocycles. The van der Waals surface area contributed by atoms with Crippen LogP contribution in [0.25, 0.3) is 0 Å². The third-order valence-electron chi connectivity index (χ3n) is 6.58. The van der Waals surface area contributed by atoms with Crippen LogP contribution < -0.4 is 9.47 Å². The van der Waals surface area contributed by atoms with E-state index in [1.807, 2.05) is 13.8 Å². The van der Waals surface area contributed by atoms with E-state index in [0.29, 0.717) is 24.7 Å². The molecule has 0 N–H and O–H groups in total. The Morgan fingerprint density at radius 2 is 1.27 bits per heavy atom. The standard InChI is InChI=1S/C27H40N2O6S2/c1-6-8-16-34-26-12-10-24(18-21(26)3)36(30,31)28-14-15-29(23(5)20-28)37(32,33)25-11-13-27(22(4)19-25)35-17-9-7-2/h10-13,18-19,23H,6-9,14-17,20H2,1-5H3/t23-/m0/s1. The number of rotatable bonds is 12. The Labute approximate surface area is 222 Å². The quantitative estimate of drug-likeness (QED) is 0.353. The third-order valence-corrected chi connectivity index (χ3v) is 10.4. The number of ether oxygens (including phenoxy) is 2. The molecule has 2 aromatic carbocycles. The fourth-order valence-corrected chi connectivity index (χ4v) is 7.61.